The van der Waals surface area contributed by atoms with Crippen LogP contribution in [0.5, 0.6) is 0 Å². The molecule has 5 atom stereocenters. The molecule has 136 valence electrons. The molecule has 0 amide bonds. The monoisotopic (exact) mass is 351 g/mol. The molecule has 1 unspecified atom stereocenters. The van der Waals surface area contributed by atoms with E-state index in [1.807, 2.05) is 13.8 Å². The first kappa shape index (κ1) is 17.7. The van der Waals surface area contributed by atoms with Crippen LogP contribution >= 0.6 is 0 Å². The van der Waals surface area contributed by atoms with Gasteiger partial charge in [0.2, 0.25) is 0 Å². The molecule has 1 saturated heterocycles. The summed E-state index contributed by atoms with van der Waals surface area (Å²) in [5.41, 5.74) is 1.67. The number of rotatable bonds is 5. The molecule has 10 nitrogen and oxygen atoms in total. The summed E-state index contributed by atoms with van der Waals surface area (Å²) in [6, 6.07) is 0. The number of imidazole rings is 1. The number of hydrogen-bond donors (Lipinski definition) is 5. The van der Waals surface area contributed by atoms with E-state index in [0.29, 0.717) is 17.0 Å². The number of aromatic nitrogens is 4. The van der Waals surface area contributed by atoms with Crippen LogP contribution in [-0.4, -0.2) is 71.1 Å². The lowest BCUT2D eigenvalue weighted by molar-refractivity contribution is -0.0511. The lowest BCUT2D eigenvalue weighted by Crippen LogP contribution is -2.33. The van der Waals surface area contributed by atoms with Crippen molar-refractivity contribution in [3.8, 4) is 0 Å². The number of ether oxygens (including phenoxy) is 1. The molecule has 0 aliphatic carbocycles. The van der Waals surface area contributed by atoms with Gasteiger partial charge in [0.1, 0.15) is 30.9 Å². The molecule has 1 aliphatic heterocycles. The van der Waals surface area contributed by atoms with E-state index in [1.165, 1.54) is 17.2 Å². The van der Waals surface area contributed by atoms with Crippen molar-refractivity contribution in [3.63, 3.8) is 0 Å². The molecule has 0 aromatic carbocycles. The molecular weight excluding hydrogens is 330 g/mol. The summed E-state index contributed by atoms with van der Waals surface area (Å²) in [7, 11) is 0. The molecule has 2 aromatic heterocycles. The van der Waals surface area contributed by atoms with Crippen molar-refractivity contribution in [3.05, 3.63) is 24.3 Å². The average molecular weight is 351 g/mol. The van der Waals surface area contributed by atoms with Crippen LogP contribution in [-0.2, 0) is 4.74 Å². The second kappa shape index (κ2) is 7.02. The summed E-state index contributed by atoms with van der Waals surface area (Å²) in [5, 5.41) is 42.1. The van der Waals surface area contributed by atoms with Gasteiger partial charge in [-0.25, -0.2) is 15.0 Å². The van der Waals surface area contributed by atoms with Crippen LogP contribution in [0.2, 0.25) is 0 Å². The third-order valence-corrected chi connectivity index (χ3v) is 3.93. The number of hydrogen-bond acceptors (Lipinski definition) is 9. The summed E-state index contributed by atoms with van der Waals surface area (Å²) < 4.78 is 6.95. The van der Waals surface area contributed by atoms with Crippen LogP contribution in [0.15, 0.2) is 24.3 Å². The number of anilines is 1. The first-order valence-corrected chi connectivity index (χ1v) is 7.82. The van der Waals surface area contributed by atoms with Gasteiger partial charge in [-0.3, -0.25) is 4.57 Å². The van der Waals surface area contributed by atoms with Crippen molar-refractivity contribution < 1.29 is 25.2 Å². The van der Waals surface area contributed by atoms with Crippen LogP contribution in [0.4, 0.5) is 5.82 Å². The number of nitrogens with zero attached hydrogens (tertiary/aromatic N) is 4. The highest BCUT2D eigenvalue weighted by atomic mass is 16.6. The SMILES string of the molecule is CC(C)=CC(O)Nc1ncnc2c1ncn2[C@@H]1O[C@H](CO)[C@@H](O)[C@H]1O. The fourth-order valence-electron chi connectivity index (χ4n) is 2.75. The van der Waals surface area contributed by atoms with Crippen LogP contribution in [0.25, 0.3) is 11.2 Å². The summed E-state index contributed by atoms with van der Waals surface area (Å²) in [5.74, 6) is 0.320. The first-order chi connectivity index (χ1) is 11.9. The van der Waals surface area contributed by atoms with E-state index in [9.17, 15) is 20.4 Å². The summed E-state index contributed by atoms with van der Waals surface area (Å²) in [4.78, 5) is 12.4. The van der Waals surface area contributed by atoms with E-state index in [2.05, 4.69) is 20.3 Å². The number of aliphatic hydroxyl groups excluding tert-OH is 4. The van der Waals surface area contributed by atoms with E-state index < -0.39 is 37.4 Å². The van der Waals surface area contributed by atoms with Gasteiger partial charge in [0, 0.05) is 0 Å². The molecule has 1 aliphatic rings. The van der Waals surface area contributed by atoms with Crippen molar-refractivity contribution >= 4 is 17.0 Å². The highest BCUT2D eigenvalue weighted by Crippen LogP contribution is 2.32. The van der Waals surface area contributed by atoms with Crippen molar-refractivity contribution in [2.75, 3.05) is 11.9 Å². The summed E-state index contributed by atoms with van der Waals surface area (Å²) in [6.45, 7) is 3.30. The smallest absolute Gasteiger partial charge is 0.167 e. The third-order valence-electron chi connectivity index (χ3n) is 3.93. The Kier molecular flexibility index (Phi) is 4.97. The average Bonchev–Trinajstić information content (AvgIpc) is 3.10. The fraction of sp³-hybridized carbons (Fsp3) is 0.533. The summed E-state index contributed by atoms with van der Waals surface area (Å²) in [6.07, 6.45) is -0.918. The zero-order valence-electron chi connectivity index (χ0n) is 13.8. The molecule has 3 heterocycles. The predicted molar refractivity (Wildman–Crippen MR) is 87.4 cm³/mol. The Morgan fingerprint density at radius 1 is 1.32 bits per heavy atom. The predicted octanol–water partition coefficient (Wildman–Crippen LogP) is -0.866. The zero-order chi connectivity index (χ0) is 18.1. The number of nitrogens with one attached hydrogen (secondary N) is 1. The maximum Gasteiger partial charge on any atom is 0.167 e. The summed E-state index contributed by atoms with van der Waals surface area (Å²) >= 11 is 0. The number of allylic oxidation sites excluding steroid dienone is 1. The number of fused-ring (bicyclic) bond motifs is 1. The Balaban J connectivity index is 1.93. The van der Waals surface area contributed by atoms with Crippen molar-refractivity contribution in [2.24, 2.45) is 0 Å². The van der Waals surface area contributed by atoms with Gasteiger partial charge in [0.15, 0.2) is 23.2 Å². The lowest BCUT2D eigenvalue weighted by atomic mass is 10.1. The van der Waals surface area contributed by atoms with E-state index in [4.69, 9.17) is 4.74 Å². The molecule has 5 N–H and O–H groups in total. The van der Waals surface area contributed by atoms with Crippen molar-refractivity contribution in [2.45, 2.75) is 44.6 Å². The molecular formula is C15H21N5O5. The standard InChI is InChI=1S/C15H21N5O5/c1-7(2)3-9(22)19-13-10-14(17-5-16-13)20(6-18-10)15-12(24)11(23)8(4-21)25-15/h3,5-6,8-9,11-12,15,21-24H,4H2,1-2H3,(H,16,17,19)/t8-,9?,11-,12-,15-/m1/s1. The molecule has 25 heavy (non-hydrogen) atoms. The minimum absolute atomic E-state index is 0.320. The van der Waals surface area contributed by atoms with Gasteiger partial charge in [-0.05, 0) is 19.9 Å². The van der Waals surface area contributed by atoms with Gasteiger partial charge in [-0.1, -0.05) is 5.57 Å². The van der Waals surface area contributed by atoms with Gasteiger partial charge in [-0.15, -0.1) is 0 Å². The van der Waals surface area contributed by atoms with E-state index in [1.54, 1.807) is 6.08 Å². The highest BCUT2D eigenvalue weighted by molar-refractivity contribution is 5.82. The van der Waals surface area contributed by atoms with Gasteiger partial charge in [0.25, 0.3) is 0 Å². The van der Waals surface area contributed by atoms with Gasteiger partial charge >= 0.3 is 0 Å². The quantitative estimate of drug-likeness (QED) is 0.343. The normalized spacial score (nSPS) is 27.4. The Bertz CT molecular complexity index is 775. The molecule has 10 heteroatoms. The van der Waals surface area contributed by atoms with Crippen LogP contribution in [0.1, 0.15) is 20.1 Å². The number of aliphatic hydroxyl groups is 4. The molecule has 3 rings (SSSR count). The largest absolute Gasteiger partial charge is 0.394 e. The second-order valence-corrected chi connectivity index (χ2v) is 6.11. The molecule has 0 bridgehead atoms. The topological polar surface area (TPSA) is 146 Å². The molecule has 0 spiro atoms. The minimum atomic E-state index is -1.24. The lowest BCUT2D eigenvalue weighted by Gasteiger charge is -2.16. The molecule has 0 saturated carbocycles. The van der Waals surface area contributed by atoms with Crippen LogP contribution < -0.4 is 5.32 Å². The molecule has 2 aromatic rings. The molecule has 1 fully saturated rings. The van der Waals surface area contributed by atoms with Crippen LogP contribution in [0, 0.1) is 0 Å². The maximum atomic E-state index is 10.2. The van der Waals surface area contributed by atoms with E-state index in [0.717, 1.165) is 5.57 Å². The minimum Gasteiger partial charge on any atom is -0.394 e. The zero-order valence-corrected chi connectivity index (χ0v) is 13.8. The molecule has 0 radical (unpaired) electrons. The highest BCUT2D eigenvalue weighted by Gasteiger charge is 2.44. The Labute approximate surface area is 143 Å². The first-order valence-electron chi connectivity index (χ1n) is 7.82. The van der Waals surface area contributed by atoms with Gasteiger partial charge in [-0.2, -0.15) is 0 Å². The third kappa shape index (κ3) is 3.34. The van der Waals surface area contributed by atoms with Crippen LogP contribution in [0.3, 0.4) is 0 Å². The van der Waals surface area contributed by atoms with E-state index >= 15 is 0 Å². The van der Waals surface area contributed by atoms with Crippen molar-refractivity contribution in [1.29, 1.82) is 0 Å². The van der Waals surface area contributed by atoms with Gasteiger partial charge in [0.05, 0.1) is 12.9 Å². The van der Waals surface area contributed by atoms with Crippen molar-refractivity contribution in [1.82, 2.24) is 19.5 Å². The Morgan fingerprint density at radius 2 is 2.08 bits per heavy atom. The second-order valence-electron chi connectivity index (χ2n) is 6.11. The Hall–Kier alpha value is -2.11. The maximum absolute atomic E-state index is 10.2. The fourth-order valence-corrected chi connectivity index (χ4v) is 2.75. The van der Waals surface area contributed by atoms with Gasteiger partial charge < -0.3 is 30.5 Å². The van der Waals surface area contributed by atoms with E-state index in [-0.39, 0.29) is 0 Å². The Morgan fingerprint density at radius 3 is 2.72 bits per heavy atom.